The zero-order chi connectivity index (χ0) is 19.5. The molecular weight excluding hydrogens is 372 g/mol. The van der Waals surface area contributed by atoms with Crippen LogP contribution < -0.4 is 10.6 Å². The summed E-state index contributed by atoms with van der Waals surface area (Å²) >= 11 is 6.39. The standard InChI is InChI=1S/C21H13ClN6/c22-18-10-17-14(3-4-15(17)12-24)9-19(18)27-20-7-8-25-21(28-20)26-16-5-1-13(11-23)2-6-16/h1-2,4-10H,3H2,(H2,25,26,27,28). The zero-order valence-electron chi connectivity index (χ0n) is 14.6. The Morgan fingerprint density at radius 2 is 1.82 bits per heavy atom. The van der Waals surface area contributed by atoms with Crippen LogP contribution in [0.15, 0.2) is 54.7 Å². The van der Waals surface area contributed by atoms with E-state index in [9.17, 15) is 5.26 Å². The third-order valence-electron chi connectivity index (χ3n) is 4.32. The molecule has 0 atom stereocenters. The average Bonchev–Trinajstić information content (AvgIpc) is 3.11. The second-order valence-corrected chi connectivity index (χ2v) is 6.53. The van der Waals surface area contributed by atoms with Gasteiger partial charge in [0, 0.05) is 11.9 Å². The van der Waals surface area contributed by atoms with Crippen molar-refractivity contribution in [2.75, 3.05) is 10.6 Å². The van der Waals surface area contributed by atoms with Crippen LogP contribution in [0.1, 0.15) is 16.7 Å². The molecule has 1 aliphatic carbocycles. The number of fused-ring (bicyclic) bond motifs is 1. The molecule has 0 spiro atoms. The monoisotopic (exact) mass is 384 g/mol. The van der Waals surface area contributed by atoms with E-state index in [-0.39, 0.29) is 0 Å². The van der Waals surface area contributed by atoms with Gasteiger partial charge < -0.3 is 10.6 Å². The van der Waals surface area contributed by atoms with E-state index < -0.39 is 0 Å². The van der Waals surface area contributed by atoms with Gasteiger partial charge in [0.15, 0.2) is 0 Å². The Morgan fingerprint density at radius 3 is 2.57 bits per heavy atom. The summed E-state index contributed by atoms with van der Waals surface area (Å²) in [5, 5.41) is 24.9. The van der Waals surface area contributed by atoms with Crippen molar-refractivity contribution >= 4 is 40.3 Å². The average molecular weight is 385 g/mol. The van der Waals surface area contributed by atoms with Gasteiger partial charge in [-0.25, -0.2) is 4.98 Å². The molecule has 1 heterocycles. The molecule has 6 nitrogen and oxygen atoms in total. The van der Waals surface area contributed by atoms with E-state index in [1.165, 1.54) is 0 Å². The van der Waals surface area contributed by atoms with Gasteiger partial charge >= 0.3 is 0 Å². The minimum atomic E-state index is 0.417. The van der Waals surface area contributed by atoms with E-state index in [0.29, 0.717) is 34.3 Å². The SMILES string of the molecule is N#CC1=CCc2cc(Nc3ccnc(Nc4ccc(C#N)cc4)n3)c(Cl)cc21. The lowest BCUT2D eigenvalue weighted by molar-refractivity contribution is 1.16. The Kier molecular flexibility index (Phi) is 4.63. The quantitative estimate of drug-likeness (QED) is 0.660. The number of anilines is 4. The molecule has 0 bridgehead atoms. The lowest BCUT2D eigenvalue weighted by atomic mass is 10.1. The summed E-state index contributed by atoms with van der Waals surface area (Å²) in [6, 6.07) is 16.8. The summed E-state index contributed by atoms with van der Waals surface area (Å²) in [6.45, 7) is 0. The van der Waals surface area contributed by atoms with Crippen molar-refractivity contribution in [1.82, 2.24) is 9.97 Å². The van der Waals surface area contributed by atoms with Crippen LogP contribution in [-0.4, -0.2) is 9.97 Å². The van der Waals surface area contributed by atoms with Crippen molar-refractivity contribution in [1.29, 1.82) is 10.5 Å². The number of nitriles is 2. The normalized spacial score (nSPS) is 11.8. The molecular formula is C21H13ClN6. The first-order chi connectivity index (χ1) is 13.7. The Morgan fingerprint density at radius 1 is 1.00 bits per heavy atom. The second-order valence-electron chi connectivity index (χ2n) is 6.13. The number of aromatic nitrogens is 2. The van der Waals surface area contributed by atoms with Gasteiger partial charge in [-0.2, -0.15) is 15.5 Å². The van der Waals surface area contributed by atoms with Crippen molar-refractivity contribution in [2.45, 2.75) is 6.42 Å². The van der Waals surface area contributed by atoms with Gasteiger partial charge in [0.25, 0.3) is 0 Å². The van der Waals surface area contributed by atoms with Crippen molar-refractivity contribution in [2.24, 2.45) is 0 Å². The Labute approximate surface area is 166 Å². The molecule has 134 valence electrons. The van der Waals surface area contributed by atoms with Crippen LogP contribution in [-0.2, 0) is 6.42 Å². The van der Waals surface area contributed by atoms with E-state index in [1.807, 2.05) is 12.1 Å². The largest absolute Gasteiger partial charge is 0.339 e. The highest BCUT2D eigenvalue weighted by molar-refractivity contribution is 6.33. The highest BCUT2D eigenvalue weighted by Crippen LogP contribution is 2.35. The predicted octanol–water partition coefficient (Wildman–Crippen LogP) is 4.95. The summed E-state index contributed by atoms with van der Waals surface area (Å²) in [7, 11) is 0. The summed E-state index contributed by atoms with van der Waals surface area (Å²) in [6.07, 6.45) is 4.24. The molecule has 2 N–H and O–H groups in total. The number of halogens is 1. The van der Waals surface area contributed by atoms with E-state index >= 15 is 0 Å². The van der Waals surface area contributed by atoms with Gasteiger partial charge in [0.1, 0.15) is 5.82 Å². The number of nitrogens with one attached hydrogen (secondary N) is 2. The number of hydrogen-bond donors (Lipinski definition) is 2. The number of hydrogen-bond acceptors (Lipinski definition) is 6. The van der Waals surface area contributed by atoms with Gasteiger partial charge in [-0.15, -0.1) is 0 Å². The van der Waals surface area contributed by atoms with E-state index in [2.05, 4.69) is 32.7 Å². The molecule has 1 aromatic heterocycles. The van der Waals surface area contributed by atoms with Gasteiger partial charge in [-0.3, -0.25) is 0 Å². The summed E-state index contributed by atoms with van der Waals surface area (Å²) in [5.74, 6) is 1.000. The molecule has 7 heteroatoms. The summed E-state index contributed by atoms with van der Waals surface area (Å²) in [5.41, 5.74) is 4.66. The van der Waals surface area contributed by atoms with Crippen molar-refractivity contribution in [3.05, 3.63) is 76.5 Å². The molecule has 4 rings (SSSR count). The van der Waals surface area contributed by atoms with Crippen molar-refractivity contribution in [3.8, 4) is 12.1 Å². The Bertz CT molecular complexity index is 1170. The van der Waals surface area contributed by atoms with Crippen LogP contribution in [0.2, 0.25) is 5.02 Å². The molecule has 0 aliphatic heterocycles. The van der Waals surface area contributed by atoms with Gasteiger partial charge in [0.05, 0.1) is 34.0 Å². The Hall–Kier alpha value is -3.87. The number of nitrogens with zero attached hydrogens (tertiary/aromatic N) is 4. The van der Waals surface area contributed by atoms with Crippen molar-refractivity contribution < 1.29 is 0 Å². The molecule has 0 saturated heterocycles. The van der Waals surface area contributed by atoms with Crippen LogP contribution in [0.25, 0.3) is 5.57 Å². The number of allylic oxidation sites excluding steroid dienone is 2. The third kappa shape index (κ3) is 3.50. The summed E-state index contributed by atoms with van der Waals surface area (Å²) in [4.78, 5) is 8.66. The van der Waals surface area contributed by atoms with E-state index in [0.717, 1.165) is 22.5 Å². The van der Waals surface area contributed by atoms with Gasteiger partial charge in [0.2, 0.25) is 5.95 Å². The molecule has 2 aromatic carbocycles. The van der Waals surface area contributed by atoms with Gasteiger partial charge in [-0.1, -0.05) is 17.7 Å². The topological polar surface area (TPSA) is 97.4 Å². The maximum absolute atomic E-state index is 9.17. The van der Waals surface area contributed by atoms with E-state index in [1.54, 1.807) is 42.6 Å². The van der Waals surface area contributed by atoms with Crippen LogP contribution in [0.5, 0.6) is 0 Å². The van der Waals surface area contributed by atoms with E-state index in [4.69, 9.17) is 16.9 Å². The Balaban J connectivity index is 1.54. The molecule has 0 radical (unpaired) electrons. The predicted molar refractivity (Wildman–Crippen MR) is 109 cm³/mol. The molecule has 0 amide bonds. The fourth-order valence-corrected chi connectivity index (χ4v) is 3.16. The minimum Gasteiger partial charge on any atom is -0.339 e. The first kappa shape index (κ1) is 17.5. The highest BCUT2D eigenvalue weighted by atomic mass is 35.5. The third-order valence-corrected chi connectivity index (χ3v) is 4.63. The summed E-state index contributed by atoms with van der Waals surface area (Å²) < 4.78 is 0. The highest BCUT2D eigenvalue weighted by Gasteiger charge is 2.17. The van der Waals surface area contributed by atoms with Crippen LogP contribution in [0.4, 0.5) is 23.1 Å². The van der Waals surface area contributed by atoms with Crippen molar-refractivity contribution in [3.63, 3.8) is 0 Å². The maximum atomic E-state index is 9.17. The molecule has 0 fully saturated rings. The number of benzene rings is 2. The number of rotatable bonds is 4. The minimum absolute atomic E-state index is 0.417. The molecule has 0 unspecified atom stereocenters. The van der Waals surface area contributed by atoms with Gasteiger partial charge in [-0.05, 0) is 60.0 Å². The molecule has 28 heavy (non-hydrogen) atoms. The lowest BCUT2D eigenvalue weighted by Gasteiger charge is -2.12. The zero-order valence-corrected chi connectivity index (χ0v) is 15.3. The molecule has 1 aliphatic rings. The molecule has 3 aromatic rings. The fourth-order valence-electron chi connectivity index (χ4n) is 2.95. The maximum Gasteiger partial charge on any atom is 0.229 e. The first-order valence-corrected chi connectivity index (χ1v) is 8.84. The van der Waals surface area contributed by atoms with Crippen LogP contribution in [0.3, 0.4) is 0 Å². The van der Waals surface area contributed by atoms with Crippen LogP contribution in [0, 0.1) is 22.7 Å². The smallest absolute Gasteiger partial charge is 0.229 e. The molecule has 0 saturated carbocycles. The lowest BCUT2D eigenvalue weighted by Crippen LogP contribution is -2.01. The van der Waals surface area contributed by atoms with Crippen LogP contribution >= 0.6 is 11.6 Å². The fraction of sp³-hybridized carbons (Fsp3) is 0.0476. The second kappa shape index (κ2) is 7.40. The first-order valence-electron chi connectivity index (χ1n) is 8.46.